The fourth-order valence-corrected chi connectivity index (χ4v) is 3.30. The first-order valence-electron chi connectivity index (χ1n) is 6.56. The molecule has 0 heteroatoms. The van der Waals surface area contributed by atoms with Gasteiger partial charge in [0.05, 0.1) is 0 Å². The molecule has 0 aromatic heterocycles. The Kier molecular flexibility index (Phi) is 4.47. The predicted molar refractivity (Wildman–Crippen MR) is 64.3 cm³/mol. The van der Waals surface area contributed by atoms with Gasteiger partial charge in [-0.3, -0.25) is 0 Å². The van der Waals surface area contributed by atoms with E-state index in [4.69, 9.17) is 0 Å². The summed E-state index contributed by atoms with van der Waals surface area (Å²) in [5, 5.41) is 0. The first-order chi connectivity index (χ1) is 6.56. The van der Waals surface area contributed by atoms with Crippen LogP contribution in [0.15, 0.2) is 0 Å². The van der Waals surface area contributed by atoms with Crippen LogP contribution in [0.3, 0.4) is 0 Å². The Morgan fingerprint density at radius 3 is 2.21 bits per heavy atom. The van der Waals surface area contributed by atoms with E-state index in [0.29, 0.717) is 0 Å². The molecule has 0 radical (unpaired) electrons. The van der Waals surface area contributed by atoms with Gasteiger partial charge in [-0.1, -0.05) is 41.0 Å². The Balaban J connectivity index is 2.46. The summed E-state index contributed by atoms with van der Waals surface area (Å²) in [6.45, 7) is 12.0. The zero-order valence-electron chi connectivity index (χ0n) is 10.7. The Morgan fingerprint density at radius 2 is 1.79 bits per heavy atom. The third kappa shape index (κ3) is 2.74. The Labute approximate surface area is 90.5 Å². The second-order valence-electron chi connectivity index (χ2n) is 5.84. The molecule has 0 aromatic carbocycles. The fourth-order valence-electron chi connectivity index (χ4n) is 3.30. The molecule has 0 amide bonds. The van der Waals surface area contributed by atoms with Crippen LogP contribution in [0.5, 0.6) is 0 Å². The van der Waals surface area contributed by atoms with Crippen molar-refractivity contribution in [2.24, 2.45) is 29.6 Å². The highest BCUT2D eigenvalue weighted by Gasteiger charge is 2.31. The smallest absolute Gasteiger partial charge is 0.0365 e. The lowest BCUT2D eigenvalue weighted by molar-refractivity contribution is 0.119. The summed E-state index contributed by atoms with van der Waals surface area (Å²) in [4.78, 5) is 0. The minimum Gasteiger partial charge on any atom is -0.0651 e. The largest absolute Gasteiger partial charge is 0.0651 e. The summed E-state index contributed by atoms with van der Waals surface area (Å²) in [6.07, 6.45) is 5.82. The third-order valence-corrected chi connectivity index (χ3v) is 4.58. The molecular formula is C14H28. The van der Waals surface area contributed by atoms with Crippen LogP contribution in [0.25, 0.3) is 0 Å². The van der Waals surface area contributed by atoms with Gasteiger partial charge < -0.3 is 0 Å². The summed E-state index contributed by atoms with van der Waals surface area (Å²) in [6, 6.07) is 0. The summed E-state index contributed by atoms with van der Waals surface area (Å²) >= 11 is 0. The van der Waals surface area contributed by atoms with Crippen molar-refractivity contribution in [3.05, 3.63) is 0 Å². The van der Waals surface area contributed by atoms with Gasteiger partial charge in [-0.25, -0.2) is 0 Å². The Bertz CT molecular complexity index is 159. The molecule has 1 rings (SSSR count). The minimum absolute atomic E-state index is 0.892. The maximum atomic E-state index is 2.47. The number of hydrogen-bond donors (Lipinski definition) is 0. The van der Waals surface area contributed by atoms with Crippen molar-refractivity contribution in [1.82, 2.24) is 0 Å². The zero-order valence-corrected chi connectivity index (χ0v) is 10.7. The van der Waals surface area contributed by atoms with Gasteiger partial charge in [0, 0.05) is 0 Å². The van der Waals surface area contributed by atoms with Crippen LogP contribution in [0.2, 0.25) is 0 Å². The molecule has 14 heavy (non-hydrogen) atoms. The van der Waals surface area contributed by atoms with E-state index in [1.54, 1.807) is 0 Å². The van der Waals surface area contributed by atoms with Gasteiger partial charge in [-0.2, -0.15) is 0 Å². The molecule has 4 atom stereocenters. The van der Waals surface area contributed by atoms with Crippen LogP contribution >= 0.6 is 0 Å². The van der Waals surface area contributed by atoms with Crippen LogP contribution in [-0.2, 0) is 0 Å². The molecule has 0 saturated heterocycles. The van der Waals surface area contributed by atoms with Crippen molar-refractivity contribution in [3.63, 3.8) is 0 Å². The maximum absolute atomic E-state index is 2.47. The highest BCUT2D eigenvalue weighted by molar-refractivity contribution is 4.81. The van der Waals surface area contributed by atoms with E-state index in [9.17, 15) is 0 Å². The summed E-state index contributed by atoms with van der Waals surface area (Å²) in [5.41, 5.74) is 0. The average Bonchev–Trinajstić information content (AvgIpc) is 2.15. The van der Waals surface area contributed by atoms with Crippen molar-refractivity contribution >= 4 is 0 Å². The third-order valence-electron chi connectivity index (χ3n) is 4.58. The van der Waals surface area contributed by atoms with Crippen molar-refractivity contribution in [2.75, 3.05) is 0 Å². The summed E-state index contributed by atoms with van der Waals surface area (Å²) in [5.74, 6) is 4.82. The van der Waals surface area contributed by atoms with Crippen LogP contribution < -0.4 is 0 Å². The van der Waals surface area contributed by atoms with E-state index in [0.717, 1.165) is 29.6 Å². The topological polar surface area (TPSA) is 0 Å². The Hall–Kier alpha value is 0. The highest BCUT2D eigenvalue weighted by atomic mass is 14.4. The van der Waals surface area contributed by atoms with Crippen LogP contribution in [0.1, 0.15) is 60.3 Å². The lowest BCUT2D eigenvalue weighted by Crippen LogP contribution is -2.29. The van der Waals surface area contributed by atoms with E-state index in [2.05, 4.69) is 34.6 Å². The van der Waals surface area contributed by atoms with E-state index < -0.39 is 0 Å². The van der Waals surface area contributed by atoms with E-state index in [1.165, 1.54) is 25.7 Å². The van der Waals surface area contributed by atoms with Crippen molar-refractivity contribution in [3.8, 4) is 0 Å². The molecule has 1 aliphatic carbocycles. The van der Waals surface area contributed by atoms with E-state index >= 15 is 0 Å². The molecule has 1 saturated carbocycles. The lowest BCUT2D eigenvalue weighted by atomic mass is 9.67. The molecule has 84 valence electrons. The maximum Gasteiger partial charge on any atom is -0.0365 e. The number of hydrogen-bond acceptors (Lipinski definition) is 0. The van der Waals surface area contributed by atoms with Crippen molar-refractivity contribution < 1.29 is 0 Å². The molecule has 0 heterocycles. The van der Waals surface area contributed by atoms with Crippen LogP contribution in [0.4, 0.5) is 0 Å². The minimum atomic E-state index is 0.892. The molecule has 1 fully saturated rings. The van der Waals surface area contributed by atoms with Gasteiger partial charge in [0.1, 0.15) is 0 Å². The van der Waals surface area contributed by atoms with E-state index in [-0.39, 0.29) is 0 Å². The quantitative estimate of drug-likeness (QED) is 0.611. The molecule has 0 nitrogen and oxygen atoms in total. The van der Waals surface area contributed by atoms with Gasteiger partial charge >= 0.3 is 0 Å². The molecule has 0 spiro atoms. The van der Waals surface area contributed by atoms with Gasteiger partial charge in [-0.15, -0.1) is 0 Å². The predicted octanol–water partition coefficient (Wildman–Crippen LogP) is 4.74. The molecule has 4 unspecified atom stereocenters. The molecular weight excluding hydrogens is 168 g/mol. The highest BCUT2D eigenvalue weighted by Crippen LogP contribution is 2.41. The second-order valence-corrected chi connectivity index (χ2v) is 5.84. The monoisotopic (exact) mass is 196 g/mol. The van der Waals surface area contributed by atoms with Gasteiger partial charge in [0.25, 0.3) is 0 Å². The van der Waals surface area contributed by atoms with Crippen molar-refractivity contribution in [1.29, 1.82) is 0 Å². The SMILES string of the molecule is CCC(C)C1CCC(C(C)C)C(C)C1. The van der Waals surface area contributed by atoms with Crippen LogP contribution in [0, 0.1) is 29.6 Å². The van der Waals surface area contributed by atoms with Crippen LogP contribution in [-0.4, -0.2) is 0 Å². The first kappa shape index (κ1) is 12.1. The number of rotatable bonds is 3. The normalized spacial score (nSPS) is 36.0. The Morgan fingerprint density at radius 1 is 1.14 bits per heavy atom. The summed E-state index contributed by atoms with van der Waals surface area (Å²) in [7, 11) is 0. The van der Waals surface area contributed by atoms with E-state index in [1.807, 2.05) is 0 Å². The second kappa shape index (κ2) is 5.19. The first-order valence-corrected chi connectivity index (χ1v) is 6.56. The standard InChI is InChI=1S/C14H28/c1-6-11(4)13-7-8-14(10(2)3)12(5)9-13/h10-14H,6-9H2,1-5H3. The fraction of sp³-hybridized carbons (Fsp3) is 1.00. The van der Waals surface area contributed by atoms with Gasteiger partial charge in [-0.05, 0) is 48.9 Å². The van der Waals surface area contributed by atoms with Gasteiger partial charge in [0.15, 0.2) is 0 Å². The average molecular weight is 196 g/mol. The summed E-state index contributed by atoms with van der Waals surface area (Å²) < 4.78 is 0. The molecule has 1 aliphatic rings. The zero-order chi connectivity index (χ0) is 10.7. The lowest BCUT2D eigenvalue weighted by Gasteiger charge is -2.38. The molecule has 0 aliphatic heterocycles. The molecule has 0 N–H and O–H groups in total. The molecule has 0 aromatic rings. The van der Waals surface area contributed by atoms with Crippen molar-refractivity contribution in [2.45, 2.75) is 60.3 Å². The van der Waals surface area contributed by atoms with Gasteiger partial charge in [0.2, 0.25) is 0 Å². The molecule has 0 bridgehead atoms.